The minimum absolute atomic E-state index is 0.722. The summed E-state index contributed by atoms with van der Waals surface area (Å²) >= 11 is 0. The van der Waals surface area contributed by atoms with Crippen LogP contribution in [0.4, 0.5) is 5.82 Å². The van der Waals surface area contributed by atoms with Crippen LogP contribution < -0.4 is 10.2 Å². The number of hydrogen-bond acceptors (Lipinski definition) is 3. The van der Waals surface area contributed by atoms with Gasteiger partial charge >= 0.3 is 0 Å². The predicted molar refractivity (Wildman–Crippen MR) is 79.4 cm³/mol. The molecule has 0 unspecified atom stereocenters. The van der Waals surface area contributed by atoms with Crippen molar-refractivity contribution in [2.24, 2.45) is 5.92 Å². The summed E-state index contributed by atoms with van der Waals surface area (Å²) in [6.07, 6.45) is 10.2. The van der Waals surface area contributed by atoms with Gasteiger partial charge in [-0.05, 0) is 43.9 Å². The molecule has 1 aliphatic carbocycles. The van der Waals surface area contributed by atoms with E-state index in [1.807, 2.05) is 12.3 Å². The molecule has 2 heterocycles. The fourth-order valence-corrected chi connectivity index (χ4v) is 3.13. The molecule has 1 aromatic heterocycles. The topological polar surface area (TPSA) is 28.2 Å². The lowest BCUT2D eigenvalue weighted by molar-refractivity contribution is 0.282. The lowest BCUT2D eigenvalue weighted by Crippen LogP contribution is -2.43. The highest BCUT2D eigenvalue weighted by Gasteiger charge is 2.21. The number of anilines is 1. The third-order valence-corrected chi connectivity index (χ3v) is 4.68. The molecule has 3 nitrogen and oxygen atoms in total. The van der Waals surface area contributed by atoms with Gasteiger partial charge in [-0.2, -0.15) is 0 Å². The largest absolute Gasteiger partial charge is 0.357 e. The third kappa shape index (κ3) is 3.47. The number of aromatic nitrogens is 1. The van der Waals surface area contributed by atoms with Gasteiger partial charge in [-0.25, -0.2) is 4.98 Å². The van der Waals surface area contributed by atoms with Gasteiger partial charge in [0.2, 0.25) is 0 Å². The van der Waals surface area contributed by atoms with E-state index in [0.29, 0.717) is 0 Å². The number of piperidine rings is 1. The van der Waals surface area contributed by atoms with Crippen molar-refractivity contribution in [1.82, 2.24) is 10.3 Å². The van der Waals surface area contributed by atoms with Crippen LogP contribution in [0.2, 0.25) is 0 Å². The average Bonchev–Trinajstić information content (AvgIpc) is 2.43. The Morgan fingerprint density at radius 2 is 2.00 bits per heavy atom. The zero-order valence-electron chi connectivity index (χ0n) is 11.7. The third-order valence-electron chi connectivity index (χ3n) is 4.68. The highest BCUT2D eigenvalue weighted by atomic mass is 15.2. The molecule has 0 atom stereocenters. The van der Waals surface area contributed by atoms with E-state index in [9.17, 15) is 0 Å². The van der Waals surface area contributed by atoms with Crippen LogP contribution in [0.3, 0.4) is 0 Å². The van der Waals surface area contributed by atoms with Gasteiger partial charge in [0.25, 0.3) is 0 Å². The molecule has 2 fully saturated rings. The van der Waals surface area contributed by atoms with Crippen molar-refractivity contribution >= 4 is 5.82 Å². The van der Waals surface area contributed by atoms with Crippen molar-refractivity contribution in [1.29, 1.82) is 0 Å². The maximum absolute atomic E-state index is 4.44. The number of pyridine rings is 1. The van der Waals surface area contributed by atoms with Crippen molar-refractivity contribution in [3.8, 4) is 0 Å². The van der Waals surface area contributed by atoms with E-state index >= 15 is 0 Å². The lowest BCUT2D eigenvalue weighted by atomic mass is 9.83. The molecule has 1 saturated heterocycles. The average molecular weight is 259 g/mol. The molecule has 3 rings (SSSR count). The van der Waals surface area contributed by atoms with Crippen molar-refractivity contribution in [3.05, 3.63) is 24.4 Å². The summed E-state index contributed by atoms with van der Waals surface area (Å²) in [7, 11) is 0. The zero-order valence-corrected chi connectivity index (χ0v) is 11.7. The molecular weight excluding hydrogens is 234 g/mol. The Morgan fingerprint density at radius 3 is 2.63 bits per heavy atom. The number of nitrogens with zero attached hydrogens (tertiary/aromatic N) is 2. The molecule has 3 heteroatoms. The van der Waals surface area contributed by atoms with Gasteiger partial charge in [0, 0.05) is 25.3 Å². The monoisotopic (exact) mass is 259 g/mol. The number of rotatable bonds is 5. The van der Waals surface area contributed by atoms with E-state index in [4.69, 9.17) is 0 Å². The van der Waals surface area contributed by atoms with Gasteiger partial charge < -0.3 is 10.2 Å². The maximum Gasteiger partial charge on any atom is 0.128 e. The van der Waals surface area contributed by atoms with E-state index in [-0.39, 0.29) is 0 Å². The van der Waals surface area contributed by atoms with Gasteiger partial charge in [-0.1, -0.05) is 25.3 Å². The number of nitrogens with one attached hydrogen (secondary N) is 1. The van der Waals surface area contributed by atoms with Crippen LogP contribution in [0, 0.1) is 5.92 Å². The first-order valence-electron chi connectivity index (χ1n) is 7.81. The number of hydrogen-bond donors (Lipinski definition) is 1. The molecule has 1 aliphatic heterocycles. The summed E-state index contributed by atoms with van der Waals surface area (Å²) in [5.41, 5.74) is 0. The van der Waals surface area contributed by atoms with E-state index in [2.05, 4.69) is 27.3 Å². The van der Waals surface area contributed by atoms with Gasteiger partial charge in [0.15, 0.2) is 0 Å². The van der Waals surface area contributed by atoms with Crippen LogP contribution in [-0.2, 0) is 0 Å². The maximum atomic E-state index is 4.44. The Labute approximate surface area is 116 Å². The Balaban J connectivity index is 1.37. The Morgan fingerprint density at radius 1 is 1.16 bits per heavy atom. The normalized spacial score (nSPS) is 21.4. The lowest BCUT2D eigenvalue weighted by Gasteiger charge is -2.34. The summed E-state index contributed by atoms with van der Waals surface area (Å²) in [4.78, 5) is 6.84. The smallest absolute Gasteiger partial charge is 0.128 e. The van der Waals surface area contributed by atoms with Crippen LogP contribution >= 0.6 is 0 Å². The van der Waals surface area contributed by atoms with Crippen LogP contribution in [-0.4, -0.2) is 30.7 Å². The fraction of sp³-hybridized carbons (Fsp3) is 0.688. The van der Waals surface area contributed by atoms with E-state index in [1.54, 1.807) is 0 Å². The molecule has 2 aliphatic rings. The van der Waals surface area contributed by atoms with Crippen molar-refractivity contribution in [2.45, 2.75) is 44.6 Å². The Hall–Kier alpha value is -1.09. The first-order chi connectivity index (χ1) is 9.42. The second-order valence-electron chi connectivity index (χ2n) is 5.99. The highest BCUT2D eigenvalue weighted by Crippen LogP contribution is 2.28. The molecule has 1 saturated carbocycles. The van der Waals surface area contributed by atoms with Crippen LogP contribution in [0.1, 0.15) is 38.5 Å². The predicted octanol–water partition coefficient (Wildman–Crippen LogP) is 2.83. The Bertz CT molecular complexity index is 367. The SMILES string of the molecule is c1ccc(N2CCC(NCCC3CCC3)CC2)nc1. The molecule has 0 aromatic carbocycles. The molecule has 0 bridgehead atoms. The van der Waals surface area contributed by atoms with Gasteiger partial charge in [-0.15, -0.1) is 0 Å². The highest BCUT2D eigenvalue weighted by molar-refractivity contribution is 5.38. The summed E-state index contributed by atoms with van der Waals surface area (Å²) in [6.45, 7) is 3.50. The zero-order chi connectivity index (χ0) is 12.9. The molecule has 0 spiro atoms. The van der Waals surface area contributed by atoms with E-state index < -0.39 is 0 Å². The fourth-order valence-electron chi connectivity index (χ4n) is 3.13. The quantitative estimate of drug-likeness (QED) is 0.881. The van der Waals surface area contributed by atoms with Crippen LogP contribution in [0.5, 0.6) is 0 Å². The molecule has 0 radical (unpaired) electrons. The van der Waals surface area contributed by atoms with Crippen molar-refractivity contribution in [3.63, 3.8) is 0 Å². The second kappa shape index (κ2) is 6.38. The van der Waals surface area contributed by atoms with Crippen molar-refractivity contribution in [2.75, 3.05) is 24.5 Å². The summed E-state index contributed by atoms with van der Waals surface area (Å²) in [6, 6.07) is 6.90. The first-order valence-corrected chi connectivity index (χ1v) is 7.81. The van der Waals surface area contributed by atoms with E-state index in [1.165, 1.54) is 45.1 Å². The summed E-state index contributed by atoms with van der Waals surface area (Å²) in [5, 5.41) is 3.75. The minimum Gasteiger partial charge on any atom is -0.357 e. The summed E-state index contributed by atoms with van der Waals surface area (Å²) in [5.74, 6) is 2.16. The molecule has 1 aromatic rings. The first kappa shape index (κ1) is 12.9. The molecule has 1 N–H and O–H groups in total. The van der Waals surface area contributed by atoms with Gasteiger partial charge in [0.1, 0.15) is 5.82 Å². The summed E-state index contributed by atoms with van der Waals surface area (Å²) < 4.78 is 0. The van der Waals surface area contributed by atoms with Crippen LogP contribution in [0.15, 0.2) is 24.4 Å². The van der Waals surface area contributed by atoms with Gasteiger partial charge in [-0.3, -0.25) is 0 Å². The standard InChI is InChI=1S/C16H25N3/c1-2-10-18-16(6-1)19-12-8-15(9-13-19)17-11-7-14-4-3-5-14/h1-2,6,10,14-15,17H,3-5,7-9,11-13H2. The molecule has 0 amide bonds. The molecule has 104 valence electrons. The second-order valence-corrected chi connectivity index (χ2v) is 5.99. The van der Waals surface area contributed by atoms with Gasteiger partial charge in [0.05, 0.1) is 0 Å². The van der Waals surface area contributed by atoms with Crippen molar-refractivity contribution < 1.29 is 0 Å². The Kier molecular flexibility index (Phi) is 4.34. The minimum atomic E-state index is 0.722. The molecule has 19 heavy (non-hydrogen) atoms. The van der Waals surface area contributed by atoms with Crippen LogP contribution in [0.25, 0.3) is 0 Å². The molecular formula is C16H25N3. The van der Waals surface area contributed by atoms with E-state index in [0.717, 1.165) is 30.9 Å².